The molecule has 11 heavy (non-hydrogen) atoms. The van der Waals surface area contributed by atoms with Crippen LogP contribution in [0, 0.1) is 0 Å². The van der Waals surface area contributed by atoms with Crippen LogP contribution in [0.4, 0.5) is 0 Å². The summed E-state index contributed by atoms with van der Waals surface area (Å²) in [4.78, 5) is 0.891. The van der Waals surface area contributed by atoms with Crippen molar-refractivity contribution in [1.82, 2.24) is 3.71 Å². The second-order valence-corrected chi connectivity index (χ2v) is 4.50. The third kappa shape index (κ3) is 1.11. The van der Waals surface area contributed by atoms with E-state index in [9.17, 15) is 4.21 Å². The molecular formula is C7H7NOS2. The normalized spacial score (nSPS) is 23.5. The third-order valence-electron chi connectivity index (χ3n) is 1.66. The second kappa shape index (κ2) is 2.62. The fourth-order valence-electron chi connectivity index (χ4n) is 1.12. The molecule has 1 heterocycles. The SMILES string of the molecule is O=S1c2ccccc2CN1S. The van der Waals surface area contributed by atoms with E-state index in [1.54, 1.807) is 0 Å². The van der Waals surface area contributed by atoms with Crippen molar-refractivity contribution in [1.29, 1.82) is 0 Å². The molecule has 1 unspecified atom stereocenters. The van der Waals surface area contributed by atoms with Crippen molar-refractivity contribution in [3.63, 3.8) is 0 Å². The highest BCUT2D eigenvalue weighted by Gasteiger charge is 2.23. The second-order valence-electron chi connectivity index (χ2n) is 2.37. The van der Waals surface area contributed by atoms with Gasteiger partial charge in [-0.25, -0.2) is 4.21 Å². The summed E-state index contributed by atoms with van der Waals surface area (Å²) in [6.07, 6.45) is 0. The number of thiol groups is 1. The Bertz CT molecular complexity index is 313. The lowest BCUT2D eigenvalue weighted by molar-refractivity contribution is 0.647. The van der Waals surface area contributed by atoms with Crippen molar-refractivity contribution < 1.29 is 4.21 Å². The average molecular weight is 185 g/mol. The van der Waals surface area contributed by atoms with E-state index in [4.69, 9.17) is 0 Å². The molecule has 0 amide bonds. The Balaban J connectivity index is 2.55. The molecule has 2 nitrogen and oxygen atoms in total. The van der Waals surface area contributed by atoms with E-state index in [0.29, 0.717) is 6.54 Å². The van der Waals surface area contributed by atoms with E-state index in [0.717, 1.165) is 10.5 Å². The molecule has 1 atom stereocenters. The van der Waals surface area contributed by atoms with Crippen LogP contribution in [-0.4, -0.2) is 7.92 Å². The first-order valence-electron chi connectivity index (χ1n) is 3.25. The molecular weight excluding hydrogens is 178 g/mol. The van der Waals surface area contributed by atoms with Gasteiger partial charge in [-0.15, -0.1) is 0 Å². The van der Waals surface area contributed by atoms with Gasteiger partial charge in [-0.2, -0.15) is 3.71 Å². The van der Waals surface area contributed by atoms with Crippen LogP contribution in [0.3, 0.4) is 0 Å². The smallest absolute Gasteiger partial charge is 0.138 e. The molecule has 0 aromatic heterocycles. The molecule has 0 fully saturated rings. The van der Waals surface area contributed by atoms with Gasteiger partial charge in [-0.05, 0) is 11.6 Å². The van der Waals surface area contributed by atoms with Gasteiger partial charge in [-0.1, -0.05) is 31.0 Å². The number of fused-ring (bicyclic) bond motifs is 1. The van der Waals surface area contributed by atoms with Crippen molar-refractivity contribution in [2.24, 2.45) is 0 Å². The van der Waals surface area contributed by atoms with E-state index >= 15 is 0 Å². The summed E-state index contributed by atoms with van der Waals surface area (Å²) < 4.78 is 12.9. The minimum absolute atomic E-state index is 0.673. The molecule has 0 N–H and O–H groups in total. The van der Waals surface area contributed by atoms with Gasteiger partial charge >= 0.3 is 0 Å². The van der Waals surface area contributed by atoms with Gasteiger partial charge in [0.25, 0.3) is 0 Å². The molecule has 0 bridgehead atoms. The van der Waals surface area contributed by atoms with Crippen molar-refractivity contribution in [3.8, 4) is 0 Å². The van der Waals surface area contributed by atoms with Gasteiger partial charge in [0, 0.05) is 6.54 Å². The van der Waals surface area contributed by atoms with Gasteiger partial charge in [0.05, 0.1) is 4.90 Å². The highest BCUT2D eigenvalue weighted by molar-refractivity contribution is 7.96. The number of rotatable bonds is 0. The molecule has 0 saturated carbocycles. The summed E-state index contributed by atoms with van der Waals surface area (Å²) in [7, 11) is -1.05. The Labute approximate surface area is 73.4 Å². The van der Waals surface area contributed by atoms with Crippen LogP contribution < -0.4 is 0 Å². The summed E-state index contributed by atoms with van der Waals surface area (Å²) in [6, 6.07) is 7.69. The summed E-state index contributed by atoms with van der Waals surface area (Å²) in [5, 5.41) is 0. The van der Waals surface area contributed by atoms with Gasteiger partial charge in [0.2, 0.25) is 0 Å². The van der Waals surface area contributed by atoms with Crippen molar-refractivity contribution >= 4 is 23.8 Å². The molecule has 1 aliphatic heterocycles. The van der Waals surface area contributed by atoms with E-state index in [-0.39, 0.29) is 0 Å². The van der Waals surface area contributed by atoms with Gasteiger partial charge in [0.15, 0.2) is 0 Å². The van der Waals surface area contributed by atoms with Gasteiger partial charge in [-0.3, -0.25) is 0 Å². The van der Waals surface area contributed by atoms with Crippen LogP contribution in [0.15, 0.2) is 29.2 Å². The molecule has 1 aromatic rings. The minimum Gasteiger partial charge on any atom is -0.236 e. The van der Waals surface area contributed by atoms with Crippen LogP contribution in [0.25, 0.3) is 0 Å². The maximum atomic E-state index is 11.4. The predicted octanol–water partition coefficient (Wildman–Crippen LogP) is 1.37. The average Bonchev–Trinajstić information content (AvgIpc) is 2.30. The van der Waals surface area contributed by atoms with E-state index in [1.165, 1.54) is 3.71 Å². The maximum Gasteiger partial charge on any atom is 0.138 e. The molecule has 1 aliphatic rings. The summed E-state index contributed by atoms with van der Waals surface area (Å²) in [5.74, 6) is 0. The van der Waals surface area contributed by atoms with Crippen LogP contribution >= 0.6 is 12.8 Å². The molecule has 0 aliphatic carbocycles. The maximum absolute atomic E-state index is 11.4. The highest BCUT2D eigenvalue weighted by atomic mass is 32.2. The van der Waals surface area contributed by atoms with E-state index in [1.807, 2.05) is 24.3 Å². The monoisotopic (exact) mass is 185 g/mol. The lowest BCUT2D eigenvalue weighted by Gasteiger charge is -1.99. The Morgan fingerprint density at radius 3 is 2.91 bits per heavy atom. The molecule has 0 saturated heterocycles. The topological polar surface area (TPSA) is 20.3 Å². The Kier molecular flexibility index (Phi) is 1.75. The largest absolute Gasteiger partial charge is 0.236 e. The fourth-order valence-corrected chi connectivity index (χ4v) is 2.57. The number of benzene rings is 1. The zero-order valence-electron chi connectivity index (χ0n) is 5.73. The highest BCUT2D eigenvalue weighted by Crippen LogP contribution is 2.27. The lowest BCUT2D eigenvalue weighted by Crippen LogP contribution is -2.04. The predicted molar refractivity (Wildman–Crippen MR) is 47.4 cm³/mol. The number of hydrogen-bond donors (Lipinski definition) is 1. The Morgan fingerprint density at radius 1 is 1.45 bits per heavy atom. The third-order valence-corrected chi connectivity index (χ3v) is 3.53. The van der Waals surface area contributed by atoms with E-state index in [2.05, 4.69) is 12.8 Å². The summed E-state index contributed by atoms with van der Waals surface area (Å²) in [6.45, 7) is 0.673. The van der Waals surface area contributed by atoms with Crippen molar-refractivity contribution in [2.45, 2.75) is 11.4 Å². The van der Waals surface area contributed by atoms with Crippen LogP contribution in [-0.2, 0) is 17.5 Å². The molecule has 0 radical (unpaired) electrons. The lowest BCUT2D eigenvalue weighted by atomic mass is 10.2. The first-order valence-corrected chi connectivity index (χ1v) is 4.76. The molecule has 4 heteroatoms. The first kappa shape index (κ1) is 7.34. The minimum atomic E-state index is -1.05. The zero-order valence-corrected chi connectivity index (χ0v) is 7.44. The summed E-state index contributed by atoms with van der Waals surface area (Å²) in [5.41, 5.74) is 1.11. The molecule has 2 rings (SSSR count). The number of nitrogens with zero attached hydrogens (tertiary/aromatic N) is 1. The van der Waals surface area contributed by atoms with Crippen molar-refractivity contribution in [3.05, 3.63) is 29.8 Å². The molecule has 58 valence electrons. The molecule has 1 aromatic carbocycles. The van der Waals surface area contributed by atoms with Crippen LogP contribution in [0.5, 0.6) is 0 Å². The van der Waals surface area contributed by atoms with Crippen LogP contribution in [0.2, 0.25) is 0 Å². The van der Waals surface area contributed by atoms with Crippen molar-refractivity contribution in [2.75, 3.05) is 0 Å². The fraction of sp³-hybridized carbons (Fsp3) is 0.143. The van der Waals surface area contributed by atoms with Crippen LogP contribution in [0.1, 0.15) is 5.56 Å². The zero-order chi connectivity index (χ0) is 7.84. The molecule has 0 spiro atoms. The van der Waals surface area contributed by atoms with Gasteiger partial charge in [0.1, 0.15) is 11.0 Å². The summed E-state index contributed by atoms with van der Waals surface area (Å²) >= 11 is 4.07. The quantitative estimate of drug-likeness (QED) is 0.605. The Morgan fingerprint density at radius 2 is 2.18 bits per heavy atom. The van der Waals surface area contributed by atoms with E-state index < -0.39 is 11.0 Å². The Hall–Kier alpha value is -0.320. The number of hydrogen-bond acceptors (Lipinski definition) is 2. The first-order chi connectivity index (χ1) is 5.29. The van der Waals surface area contributed by atoms with Gasteiger partial charge < -0.3 is 0 Å². The standard InChI is InChI=1S/C7H7NOS2/c9-11-7-4-2-1-3-6(7)5-8(11)10/h1-4,10H,5H2.